The number of rotatable bonds is 4. The van der Waals surface area contributed by atoms with Crippen LogP contribution in [0.25, 0.3) is 0 Å². The van der Waals surface area contributed by atoms with E-state index >= 15 is 0 Å². The van der Waals surface area contributed by atoms with Crippen LogP contribution in [0.5, 0.6) is 0 Å². The van der Waals surface area contributed by atoms with Crippen molar-refractivity contribution < 1.29 is 0 Å². The summed E-state index contributed by atoms with van der Waals surface area (Å²) in [6, 6.07) is 20.8. The average molecular weight is 263 g/mol. The number of benzene rings is 2. The molecule has 0 N–H and O–H groups in total. The van der Waals surface area contributed by atoms with Crippen LogP contribution in [0, 0.1) is 13.8 Å². The summed E-state index contributed by atoms with van der Waals surface area (Å²) in [5.41, 5.74) is 2.76. The van der Waals surface area contributed by atoms with Gasteiger partial charge in [-0.25, -0.2) is 0 Å². The average Bonchev–Trinajstić information content (AvgIpc) is 2.43. The molecule has 0 aliphatic carbocycles. The SMILES string of the molecule is [CH2-]CCc1ccccc1.[CH2-]CCc1ccccc1.[Mg+2]. The van der Waals surface area contributed by atoms with E-state index in [1.54, 1.807) is 0 Å². The van der Waals surface area contributed by atoms with E-state index in [1.165, 1.54) is 11.1 Å². The van der Waals surface area contributed by atoms with Crippen molar-refractivity contribution in [3.05, 3.63) is 85.6 Å². The van der Waals surface area contributed by atoms with Gasteiger partial charge in [0, 0.05) is 0 Å². The third-order valence-corrected chi connectivity index (χ3v) is 2.62. The van der Waals surface area contributed by atoms with Crippen molar-refractivity contribution in [2.45, 2.75) is 25.7 Å². The molecule has 0 heterocycles. The molecule has 1 heteroatoms. The van der Waals surface area contributed by atoms with Gasteiger partial charge in [0.15, 0.2) is 0 Å². The van der Waals surface area contributed by atoms with E-state index in [2.05, 4.69) is 62.4 Å². The van der Waals surface area contributed by atoms with Gasteiger partial charge in [0.2, 0.25) is 0 Å². The van der Waals surface area contributed by atoms with Gasteiger partial charge in [-0.1, -0.05) is 84.6 Å². The van der Waals surface area contributed by atoms with E-state index in [0.29, 0.717) is 0 Å². The van der Waals surface area contributed by atoms with Crippen LogP contribution in [-0.4, -0.2) is 23.1 Å². The number of aryl methyl sites for hydroxylation is 2. The topological polar surface area (TPSA) is 0 Å². The van der Waals surface area contributed by atoms with Crippen LogP contribution < -0.4 is 0 Å². The molecular formula is C18H22Mg. The summed E-state index contributed by atoms with van der Waals surface area (Å²) in [4.78, 5) is 0. The monoisotopic (exact) mass is 262 g/mol. The van der Waals surface area contributed by atoms with E-state index in [1.807, 2.05) is 12.1 Å². The minimum Gasteiger partial charge on any atom is -0.343 e. The van der Waals surface area contributed by atoms with E-state index in [0.717, 1.165) is 25.7 Å². The Hall–Kier alpha value is -0.794. The molecule has 0 radical (unpaired) electrons. The van der Waals surface area contributed by atoms with Gasteiger partial charge in [0.25, 0.3) is 0 Å². The first-order chi connectivity index (χ1) is 8.86. The van der Waals surface area contributed by atoms with Crippen molar-refractivity contribution in [3.8, 4) is 0 Å². The third-order valence-electron chi connectivity index (χ3n) is 2.62. The summed E-state index contributed by atoms with van der Waals surface area (Å²) in [7, 11) is 0. The Labute approximate surface area is 134 Å². The predicted molar refractivity (Wildman–Crippen MR) is 86.0 cm³/mol. The summed E-state index contributed by atoms with van der Waals surface area (Å²) < 4.78 is 0. The normalized spacial score (nSPS) is 8.95. The van der Waals surface area contributed by atoms with E-state index < -0.39 is 0 Å². The second-order valence-corrected chi connectivity index (χ2v) is 4.18. The van der Waals surface area contributed by atoms with Crippen molar-refractivity contribution in [2.24, 2.45) is 0 Å². The van der Waals surface area contributed by atoms with Crippen LogP contribution in [0.4, 0.5) is 0 Å². The minimum atomic E-state index is 0. The van der Waals surface area contributed by atoms with Gasteiger partial charge in [-0.3, -0.25) is 0 Å². The van der Waals surface area contributed by atoms with E-state index in [4.69, 9.17) is 0 Å². The second kappa shape index (κ2) is 12.3. The predicted octanol–water partition coefficient (Wildman–Crippen LogP) is 4.53. The largest absolute Gasteiger partial charge is 2.00 e. The molecule has 2 aromatic carbocycles. The fourth-order valence-electron chi connectivity index (χ4n) is 1.70. The molecule has 0 bridgehead atoms. The maximum atomic E-state index is 3.78. The van der Waals surface area contributed by atoms with E-state index in [-0.39, 0.29) is 23.1 Å². The standard InChI is InChI=1S/2C9H11.Mg/c2*1-2-6-9-7-4-3-5-8-9;/h2*3-5,7-8H,1-2,6H2;/q2*-1;+2. The molecule has 19 heavy (non-hydrogen) atoms. The first kappa shape index (κ1) is 18.2. The molecule has 0 amide bonds. The zero-order chi connectivity index (χ0) is 13.1. The van der Waals surface area contributed by atoms with Gasteiger partial charge in [-0.15, -0.1) is 0 Å². The molecule has 0 saturated carbocycles. The minimum absolute atomic E-state index is 0. The first-order valence-electron chi connectivity index (χ1n) is 6.53. The summed E-state index contributed by atoms with van der Waals surface area (Å²) >= 11 is 0. The molecule has 0 spiro atoms. The van der Waals surface area contributed by atoms with Crippen LogP contribution in [0.2, 0.25) is 0 Å². The van der Waals surface area contributed by atoms with Gasteiger partial charge < -0.3 is 13.8 Å². The van der Waals surface area contributed by atoms with Crippen molar-refractivity contribution in [1.82, 2.24) is 0 Å². The van der Waals surface area contributed by atoms with Gasteiger partial charge >= 0.3 is 23.1 Å². The molecule has 2 aromatic rings. The summed E-state index contributed by atoms with van der Waals surface area (Å²) in [5.74, 6) is 0. The van der Waals surface area contributed by atoms with Gasteiger partial charge in [0.05, 0.1) is 0 Å². The maximum Gasteiger partial charge on any atom is 2.00 e. The first-order valence-corrected chi connectivity index (χ1v) is 6.53. The smallest absolute Gasteiger partial charge is 0.343 e. The van der Waals surface area contributed by atoms with Gasteiger partial charge in [-0.05, 0) is 0 Å². The van der Waals surface area contributed by atoms with Crippen LogP contribution >= 0.6 is 0 Å². The molecule has 0 atom stereocenters. The van der Waals surface area contributed by atoms with Crippen LogP contribution in [0.1, 0.15) is 24.0 Å². The Morgan fingerprint density at radius 1 is 0.579 bits per heavy atom. The van der Waals surface area contributed by atoms with E-state index in [9.17, 15) is 0 Å². The molecule has 96 valence electrons. The molecular weight excluding hydrogens is 241 g/mol. The summed E-state index contributed by atoms with van der Waals surface area (Å²) in [6.07, 6.45) is 4.18. The van der Waals surface area contributed by atoms with Crippen molar-refractivity contribution in [2.75, 3.05) is 0 Å². The van der Waals surface area contributed by atoms with Crippen molar-refractivity contribution >= 4 is 23.1 Å². The van der Waals surface area contributed by atoms with Gasteiger partial charge in [0.1, 0.15) is 0 Å². The third kappa shape index (κ3) is 8.85. The Kier molecular flexibility index (Phi) is 11.7. The van der Waals surface area contributed by atoms with Crippen molar-refractivity contribution in [3.63, 3.8) is 0 Å². The fraction of sp³-hybridized carbons (Fsp3) is 0.222. The molecule has 2 rings (SSSR count). The second-order valence-electron chi connectivity index (χ2n) is 4.18. The summed E-state index contributed by atoms with van der Waals surface area (Å²) in [6.45, 7) is 7.56. The van der Waals surface area contributed by atoms with Crippen LogP contribution in [0.3, 0.4) is 0 Å². The molecule has 0 aliphatic rings. The molecule has 0 fully saturated rings. The van der Waals surface area contributed by atoms with Gasteiger partial charge in [-0.2, -0.15) is 12.8 Å². The quantitative estimate of drug-likeness (QED) is 0.561. The Morgan fingerprint density at radius 3 is 1.16 bits per heavy atom. The molecule has 0 unspecified atom stereocenters. The number of hydrogen-bond acceptors (Lipinski definition) is 0. The van der Waals surface area contributed by atoms with Crippen LogP contribution in [0.15, 0.2) is 60.7 Å². The Bertz CT molecular complexity index is 353. The zero-order valence-corrected chi connectivity index (χ0v) is 13.1. The van der Waals surface area contributed by atoms with Crippen LogP contribution in [-0.2, 0) is 12.8 Å². The Balaban J connectivity index is 0.000000324. The Morgan fingerprint density at radius 2 is 0.895 bits per heavy atom. The number of hydrogen-bond donors (Lipinski definition) is 0. The molecule has 0 saturated heterocycles. The fourth-order valence-corrected chi connectivity index (χ4v) is 1.70. The molecule has 0 aliphatic heterocycles. The maximum absolute atomic E-state index is 3.78. The summed E-state index contributed by atoms with van der Waals surface area (Å²) in [5, 5.41) is 0. The molecule has 0 aromatic heterocycles. The zero-order valence-electron chi connectivity index (χ0n) is 11.7. The molecule has 0 nitrogen and oxygen atoms in total. The van der Waals surface area contributed by atoms with Crippen molar-refractivity contribution in [1.29, 1.82) is 0 Å².